The molecule has 0 bridgehead atoms. The molecule has 0 heterocycles. The van der Waals surface area contributed by atoms with Gasteiger partial charge in [-0.05, 0) is 24.1 Å². The molecule has 15 heavy (non-hydrogen) atoms. The van der Waals surface area contributed by atoms with E-state index in [2.05, 4.69) is 17.1 Å². The Morgan fingerprint density at radius 1 is 1.53 bits per heavy atom. The number of rotatable bonds is 6. The molecule has 0 aliphatic carbocycles. The van der Waals surface area contributed by atoms with E-state index in [0.717, 1.165) is 12.0 Å². The highest BCUT2D eigenvalue weighted by molar-refractivity contribution is 6.34. The molecule has 1 rings (SSSR count). The Kier molecular flexibility index (Phi) is 5.16. The van der Waals surface area contributed by atoms with Crippen molar-refractivity contribution >= 4 is 20.2 Å². The first-order valence-corrected chi connectivity index (χ1v) is 5.91. The van der Waals surface area contributed by atoms with Crippen LogP contribution in [0.1, 0.15) is 5.56 Å². The fourth-order valence-electron chi connectivity index (χ4n) is 1.10. The van der Waals surface area contributed by atoms with Crippen LogP contribution in [0.5, 0.6) is 11.5 Å². The molecule has 0 atom stereocenters. The van der Waals surface area contributed by atoms with Gasteiger partial charge in [-0.3, -0.25) is 0 Å². The lowest BCUT2D eigenvalue weighted by Gasteiger charge is -2.08. The molecule has 0 aliphatic heterocycles. The van der Waals surface area contributed by atoms with Gasteiger partial charge in [0.15, 0.2) is 11.5 Å². The predicted octanol–water partition coefficient (Wildman–Crippen LogP) is 1.18. The second kappa shape index (κ2) is 6.44. The minimum absolute atomic E-state index is 0.140. The molecule has 5 heteroatoms. The first-order chi connectivity index (χ1) is 7.27. The molecule has 77 valence electrons. The molecule has 0 unspecified atom stereocenters. The van der Waals surface area contributed by atoms with Crippen LogP contribution < -0.4 is 4.74 Å². The number of benzene rings is 1. The lowest BCUT2D eigenvalue weighted by atomic mass is 10.1. The van der Waals surface area contributed by atoms with Crippen LogP contribution in [0.2, 0.25) is 0 Å². The van der Waals surface area contributed by atoms with E-state index >= 15 is 0 Å². The van der Waals surface area contributed by atoms with Crippen LogP contribution in [0, 0.1) is 0 Å². The van der Waals surface area contributed by atoms with Gasteiger partial charge in [0.1, 0.15) is 6.23 Å². The normalized spacial score (nSPS) is 9.93. The van der Waals surface area contributed by atoms with Crippen molar-refractivity contribution in [3.63, 3.8) is 0 Å². The van der Waals surface area contributed by atoms with Crippen molar-refractivity contribution in [3.05, 3.63) is 36.4 Å². The van der Waals surface area contributed by atoms with Crippen molar-refractivity contribution in [2.75, 3.05) is 6.23 Å². The number of phenols is 1. The number of ether oxygens (including phenoxy) is 1. The molecule has 0 saturated heterocycles. The maximum atomic E-state index is 9.50. The predicted molar refractivity (Wildman–Crippen MR) is 60.1 cm³/mol. The third-order valence-electron chi connectivity index (χ3n) is 1.76. The van der Waals surface area contributed by atoms with Crippen molar-refractivity contribution in [1.82, 2.24) is 0 Å². The molecular formula is C10H11O3Si2. The second-order valence-corrected chi connectivity index (χ2v) is 4.22. The topological polar surface area (TPSA) is 38.7 Å². The third-order valence-corrected chi connectivity index (χ3v) is 2.60. The molecule has 0 aromatic heterocycles. The molecule has 0 amide bonds. The highest BCUT2D eigenvalue weighted by Gasteiger charge is 2.03. The van der Waals surface area contributed by atoms with E-state index in [1.54, 1.807) is 18.2 Å². The van der Waals surface area contributed by atoms with Crippen molar-refractivity contribution in [3.8, 4) is 11.5 Å². The molecular weight excluding hydrogens is 224 g/mol. The SMILES string of the molecule is C=CCc1ccc(O)c(OC[Si]O[Si])c1. The zero-order chi connectivity index (χ0) is 11.1. The summed E-state index contributed by atoms with van der Waals surface area (Å²) >= 11 is 0. The van der Waals surface area contributed by atoms with Gasteiger partial charge in [0.05, 0.1) is 0 Å². The van der Waals surface area contributed by atoms with E-state index in [-0.39, 0.29) is 15.5 Å². The smallest absolute Gasteiger partial charge is 0.260 e. The maximum Gasteiger partial charge on any atom is 0.260 e. The lowest BCUT2D eigenvalue weighted by Crippen LogP contribution is -2.09. The van der Waals surface area contributed by atoms with Gasteiger partial charge < -0.3 is 14.0 Å². The summed E-state index contributed by atoms with van der Waals surface area (Å²) in [5.41, 5.74) is 1.06. The average Bonchev–Trinajstić information content (AvgIpc) is 2.23. The monoisotopic (exact) mass is 235 g/mol. The van der Waals surface area contributed by atoms with Gasteiger partial charge in [-0.2, -0.15) is 0 Å². The highest BCUT2D eigenvalue weighted by Crippen LogP contribution is 2.26. The summed E-state index contributed by atoms with van der Waals surface area (Å²) < 4.78 is 10.0. The molecule has 1 aromatic rings. The lowest BCUT2D eigenvalue weighted by molar-refractivity contribution is 0.343. The Labute approximate surface area is 95.2 Å². The Morgan fingerprint density at radius 3 is 3.00 bits per heavy atom. The molecule has 0 spiro atoms. The molecule has 1 N–H and O–H groups in total. The summed E-state index contributed by atoms with van der Waals surface area (Å²) in [5.74, 6) is 0.618. The number of hydrogen-bond acceptors (Lipinski definition) is 3. The van der Waals surface area contributed by atoms with E-state index in [0.29, 0.717) is 12.0 Å². The van der Waals surface area contributed by atoms with Gasteiger partial charge in [-0.1, -0.05) is 12.1 Å². The quantitative estimate of drug-likeness (QED) is 0.457. The third kappa shape index (κ3) is 3.90. The molecule has 3 nitrogen and oxygen atoms in total. The zero-order valence-electron chi connectivity index (χ0n) is 8.19. The Balaban J connectivity index is 2.67. The van der Waals surface area contributed by atoms with Gasteiger partial charge >= 0.3 is 0 Å². The van der Waals surface area contributed by atoms with E-state index < -0.39 is 0 Å². The molecule has 0 aliphatic rings. The fourth-order valence-corrected chi connectivity index (χ4v) is 1.55. The number of allylic oxidation sites excluding steroid dienone is 1. The van der Waals surface area contributed by atoms with Crippen molar-refractivity contribution in [1.29, 1.82) is 0 Å². The number of hydrogen-bond donors (Lipinski definition) is 1. The highest BCUT2D eigenvalue weighted by atomic mass is 28.3. The Morgan fingerprint density at radius 2 is 2.33 bits per heavy atom. The standard InChI is InChI=1S/C10H11O3Si2/c1-2-3-8-4-5-9(11)10(6-8)12-7-15-13-14/h2,4-6,11H,1,3,7H2. The number of phenolic OH excluding ortho intramolecular Hbond substituents is 1. The van der Waals surface area contributed by atoms with Crippen molar-refractivity contribution < 1.29 is 14.0 Å². The van der Waals surface area contributed by atoms with Crippen LogP contribution in [0.15, 0.2) is 30.9 Å². The summed E-state index contributed by atoms with van der Waals surface area (Å²) in [5, 5.41) is 9.50. The first kappa shape index (κ1) is 12.0. The zero-order valence-corrected chi connectivity index (χ0v) is 10.2. The van der Waals surface area contributed by atoms with Crippen LogP contribution >= 0.6 is 0 Å². The van der Waals surface area contributed by atoms with E-state index in [1.807, 2.05) is 6.07 Å². The van der Waals surface area contributed by atoms with E-state index in [1.165, 1.54) is 0 Å². The summed E-state index contributed by atoms with van der Waals surface area (Å²) in [6.45, 7) is 3.66. The summed E-state index contributed by atoms with van der Waals surface area (Å²) in [6, 6.07) is 5.26. The van der Waals surface area contributed by atoms with Gasteiger partial charge in [0.2, 0.25) is 10.5 Å². The Bertz CT molecular complexity index is 328. The van der Waals surface area contributed by atoms with Crippen LogP contribution in [0.4, 0.5) is 0 Å². The van der Waals surface area contributed by atoms with Gasteiger partial charge in [-0.15, -0.1) is 6.58 Å². The van der Waals surface area contributed by atoms with E-state index in [4.69, 9.17) is 8.85 Å². The summed E-state index contributed by atoms with van der Waals surface area (Å²) in [6.07, 6.45) is 2.97. The molecule has 0 saturated carbocycles. The molecule has 1 aromatic carbocycles. The largest absolute Gasteiger partial charge is 0.504 e. The second-order valence-electron chi connectivity index (χ2n) is 2.83. The van der Waals surface area contributed by atoms with Crippen molar-refractivity contribution in [2.45, 2.75) is 6.42 Å². The van der Waals surface area contributed by atoms with Crippen LogP contribution in [-0.2, 0) is 10.5 Å². The first-order valence-electron chi connectivity index (χ1n) is 4.39. The Hall–Kier alpha value is -1.05. The average molecular weight is 235 g/mol. The van der Waals surface area contributed by atoms with Crippen LogP contribution in [0.3, 0.4) is 0 Å². The van der Waals surface area contributed by atoms with Crippen LogP contribution in [-0.4, -0.2) is 31.6 Å². The minimum atomic E-state index is 0.140. The van der Waals surface area contributed by atoms with Crippen molar-refractivity contribution in [2.24, 2.45) is 0 Å². The van der Waals surface area contributed by atoms with Gasteiger partial charge in [-0.25, -0.2) is 0 Å². The molecule has 5 radical (unpaired) electrons. The number of aromatic hydroxyl groups is 1. The summed E-state index contributed by atoms with van der Waals surface area (Å²) in [7, 11) is 3.08. The molecule has 0 fully saturated rings. The van der Waals surface area contributed by atoms with E-state index in [9.17, 15) is 5.11 Å². The fraction of sp³-hybridized carbons (Fsp3) is 0.200. The van der Waals surface area contributed by atoms with Gasteiger partial charge in [0.25, 0.3) is 9.76 Å². The minimum Gasteiger partial charge on any atom is -0.504 e. The van der Waals surface area contributed by atoms with Crippen LogP contribution in [0.25, 0.3) is 0 Å². The summed E-state index contributed by atoms with van der Waals surface area (Å²) in [4.78, 5) is 0. The maximum absolute atomic E-state index is 9.50. The van der Waals surface area contributed by atoms with Gasteiger partial charge in [0, 0.05) is 0 Å².